The maximum absolute atomic E-state index is 5.34. The van der Waals surface area contributed by atoms with Crippen molar-refractivity contribution < 1.29 is 9.47 Å². The largest absolute Gasteiger partial charge is 0.481 e. The number of aromatic nitrogens is 2. The summed E-state index contributed by atoms with van der Waals surface area (Å²) in [5.74, 6) is 0.687. The fraction of sp³-hybridized carbons (Fsp3) is 0.562. The normalized spacial score (nSPS) is 20.1. The summed E-state index contributed by atoms with van der Waals surface area (Å²) in [5.41, 5.74) is 3.93. The van der Waals surface area contributed by atoms with Crippen molar-refractivity contribution in [1.82, 2.24) is 14.5 Å². The fourth-order valence-electron chi connectivity index (χ4n) is 3.54. The van der Waals surface area contributed by atoms with Gasteiger partial charge in [-0.3, -0.25) is 4.90 Å². The Morgan fingerprint density at radius 3 is 2.76 bits per heavy atom. The van der Waals surface area contributed by atoms with Gasteiger partial charge in [0.1, 0.15) is 5.65 Å². The van der Waals surface area contributed by atoms with Crippen LogP contribution in [0.3, 0.4) is 0 Å². The molecule has 4 rings (SSSR count). The van der Waals surface area contributed by atoms with Crippen LogP contribution in [0.1, 0.15) is 11.3 Å². The number of methoxy groups -OCH3 is 1. The van der Waals surface area contributed by atoms with Crippen molar-refractivity contribution in [2.75, 3.05) is 33.4 Å². The van der Waals surface area contributed by atoms with Gasteiger partial charge in [-0.2, -0.15) is 4.98 Å². The molecule has 5 heteroatoms. The second kappa shape index (κ2) is 5.00. The molecule has 0 unspecified atom stereocenters. The Labute approximate surface area is 124 Å². The summed E-state index contributed by atoms with van der Waals surface area (Å²) in [6.07, 6.45) is 2.18. The lowest BCUT2D eigenvalue weighted by Crippen LogP contribution is -2.49. The van der Waals surface area contributed by atoms with Crippen LogP contribution in [0, 0.1) is 0 Å². The predicted octanol–water partition coefficient (Wildman–Crippen LogP) is 1.38. The second-order valence-corrected chi connectivity index (χ2v) is 5.94. The molecular weight excluding hydrogens is 266 g/mol. The van der Waals surface area contributed by atoms with Crippen LogP contribution in [0.5, 0.6) is 5.88 Å². The summed E-state index contributed by atoms with van der Waals surface area (Å²) in [4.78, 5) is 7.19. The minimum atomic E-state index is 0.629. The van der Waals surface area contributed by atoms with E-state index in [4.69, 9.17) is 9.47 Å². The molecule has 0 spiro atoms. The van der Waals surface area contributed by atoms with Gasteiger partial charge in [-0.25, -0.2) is 0 Å². The Hall–Kier alpha value is -1.59. The summed E-state index contributed by atoms with van der Waals surface area (Å²) < 4.78 is 12.8. The van der Waals surface area contributed by atoms with Gasteiger partial charge >= 0.3 is 0 Å². The van der Waals surface area contributed by atoms with Gasteiger partial charge in [0.25, 0.3) is 0 Å². The number of nitrogens with zero attached hydrogens (tertiary/aromatic N) is 3. The Balaban J connectivity index is 1.71. The first-order valence-corrected chi connectivity index (χ1v) is 7.61. The topological polar surface area (TPSA) is 39.5 Å². The average molecular weight is 287 g/mol. The van der Waals surface area contributed by atoms with Crippen LogP contribution in [0.2, 0.25) is 0 Å². The smallest absolute Gasteiger partial charge is 0.214 e. The van der Waals surface area contributed by atoms with Crippen LogP contribution in [0.25, 0.3) is 11.0 Å². The number of pyridine rings is 1. The van der Waals surface area contributed by atoms with E-state index < -0.39 is 0 Å². The molecule has 2 aliphatic rings. The molecule has 2 aromatic rings. The van der Waals surface area contributed by atoms with E-state index in [0.717, 1.165) is 44.8 Å². The van der Waals surface area contributed by atoms with Crippen molar-refractivity contribution in [3.8, 4) is 5.88 Å². The number of hydrogen-bond donors (Lipinski definition) is 0. The van der Waals surface area contributed by atoms with E-state index in [-0.39, 0.29) is 0 Å². The minimum absolute atomic E-state index is 0.629. The number of aryl methyl sites for hydroxylation is 1. The van der Waals surface area contributed by atoms with Crippen molar-refractivity contribution in [3.05, 3.63) is 23.4 Å². The first-order chi connectivity index (χ1) is 10.3. The van der Waals surface area contributed by atoms with Gasteiger partial charge < -0.3 is 14.0 Å². The van der Waals surface area contributed by atoms with E-state index in [9.17, 15) is 0 Å². The third-order valence-corrected chi connectivity index (χ3v) is 4.88. The van der Waals surface area contributed by atoms with Crippen LogP contribution in [-0.4, -0.2) is 53.9 Å². The highest BCUT2D eigenvalue weighted by Crippen LogP contribution is 2.29. The lowest BCUT2D eigenvalue weighted by molar-refractivity contribution is -0.0634. The molecule has 0 amide bonds. The number of ether oxygens (including phenoxy) is 2. The number of fused-ring (bicyclic) bond motifs is 3. The summed E-state index contributed by atoms with van der Waals surface area (Å²) in [7, 11) is 3.79. The SMILES string of the molecule is COc1ccc2c3c(n(C)c2n1)CCN(C1COC1)CC3. The lowest BCUT2D eigenvalue weighted by atomic mass is 10.1. The minimum Gasteiger partial charge on any atom is -0.481 e. The zero-order valence-corrected chi connectivity index (χ0v) is 12.6. The molecule has 5 nitrogen and oxygen atoms in total. The van der Waals surface area contributed by atoms with Gasteiger partial charge in [0, 0.05) is 43.7 Å². The molecule has 112 valence electrons. The van der Waals surface area contributed by atoms with Crippen molar-refractivity contribution in [3.63, 3.8) is 0 Å². The Morgan fingerprint density at radius 1 is 1.24 bits per heavy atom. The van der Waals surface area contributed by atoms with Gasteiger partial charge in [0.15, 0.2) is 0 Å². The Kier molecular flexibility index (Phi) is 3.12. The molecule has 2 aliphatic heterocycles. The standard InChI is InChI=1S/C16H21N3O2/c1-18-14-6-8-19(11-9-21-10-11)7-5-12(14)13-3-4-15(20-2)17-16(13)18/h3-4,11H,5-10H2,1-2H3. The van der Waals surface area contributed by atoms with E-state index in [1.165, 1.54) is 16.6 Å². The van der Waals surface area contributed by atoms with E-state index in [2.05, 4.69) is 27.6 Å². The zero-order valence-electron chi connectivity index (χ0n) is 12.6. The molecule has 1 fully saturated rings. The monoisotopic (exact) mass is 287 g/mol. The van der Waals surface area contributed by atoms with Gasteiger partial charge in [-0.05, 0) is 18.1 Å². The zero-order chi connectivity index (χ0) is 14.4. The molecule has 0 saturated carbocycles. The molecule has 0 aromatic carbocycles. The van der Waals surface area contributed by atoms with Crippen molar-refractivity contribution in [1.29, 1.82) is 0 Å². The molecule has 4 heterocycles. The third-order valence-electron chi connectivity index (χ3n) is 4.88. The molecule has 2 aromatic heterocycles. The number of hydrogen-bond acceptors (Lipinski definition) is 4. The first-order valence-electron chi connectivity index (χ1n) is 7.61. The summed E-state index contributed by atoms with van der Waals surface area (Å²) in [6.45, 7) is 4.03. The van der Waals surface area contributed by atoms with Crippen LogP contribution in [0.4, 0.5) is 0 Å². The number of rotatable bonds is 2. The lowest BCUT2D eigenvalue weighted by Gasteiger charge is -2.36. The molecule has 21 heavy (non-hydrogen) atoms. The van der Waals surface area contributed by atoms with E-state index in [1.807, 2.05) is 6.07 Å². The summed E-state index contributed by atoms with van der Waals surface area (Å²) in [5, 5.41) is 1.28. The Morgan fingerprint density at radius 2 is 2.05 bits per heavy atom. The molecule has 1 saturated heterocycles. The van der Waals surface area contributed by atoms with Crippen molar-refractivity contribution in [2.45, 2.75) is 18.9 Å². The first kappa shape index (κ1) is 13.1. The highest BCUT2D eigenvalue weighted by Gasteiger charge is 2.29. The van der Waals surface area contributed by atoms with Gasteiger partial charge in [-0.1, -0.05) is 0 Å². The fourth-order valence-corrected chi connectivity index (χ4v) is 3.54. The van der Waals surface area contributed by atoms with Crippen LogP contribution < -0.4 is 4.74 Å². The Bertz CT molecular complexity index is 676. The molecular formula is C16H21N3O2. The quantitative estimate of drug-likeness (QED) is 0.836. The van der Waals surface area contributed by atoms with Gasteiger partial charge in [-0.15, -0.1) is 0 Å². The molecule has 0 N–H and O–H groups in total. The van der Waals surface area contributed by atoms with Crippen molar-refractivity contribution >= 4 is 11.0 Å². The summed E-state index contributed by atoms with van der Waals surface area (Å²) >= 11 is 0. The highest BCUT2D eigenvalue weighted by atomic mass is 16.5. The van der Waals surface area contributed by atoms with Crippen LogP contribution >= 0.6 is 0 Å². The van der Waals surface area contributed by atoms with E-state index >= 15 is 0 Å². The maximum Gasteiger partial charge on any atom is 0.214 e. The van der Waals surface area contributed by atoms with E-state index in [0.29, 0.717) is 11.9 Å². The summed E-state index contributed by atoms with van der Waals surface area (Å²) in [6, 6.07) is 4.75. The molecule has 0 atom stereocenters. The molecule has 0 bridgehead atoms. The van der Waals surface area contributed by atoms with E-state index in [1.54, 1.807) is 7.11 Å². The average Bonchev–Trinajstić information content (AvgIpc) is 2.61. The highest BCUT2D eigenvalue weighted by molar-refractivity contribution is 5.83. The second-order valence-electron chi connectivity index (χ2n) is 5.94. The van der Waals surface area contributed by atoms with Gasteiger partial charge in [0.2, 0.25) is 5.88 Å². The van der Waals surface area contributed by atoms with Crippen LogP contribution in [-0.2, 0) is 24.6 Å². The maximum atomic E-state index is 5.34. The predicted molar refractivity (Wildman–Crippen MR) is 80.9 cm³/mol. The third kappa shape index (κ3) is 2.03. The van der Waals surface area contributed by atoms with Crippen molar-refractivity contribution in [2.24, 2.45) is 7.05 Å². The van der Waals surface area contributed by atoms with Crippen LogP contribution in [0.15, 0.2) is 12.1 Å². The van der Waals surface area contributed by atoms with Gasteiger partial charge in [0.05, 0.1) is 26.4 Å². The molecule has 0 aliphatic carbocycles. The molecule has 0 radical (unpaired) electrons.